The highest BCUT2D eigenvalue weighted by molar-refractivity contribution is 8.15. The number of anilines is 1. The first kappa shape index (κ1) is 20.7. The van der Waals surface area contributed by atoms with Gasteiger partial charge in [0.2, 0.25) is 11.8 Å². The molecule has 1 atom stereocenters. The summed E-state index contributed by atoms with van der Waals surface area (Å²) in [5.74, 6) is -0.128. The van der Waals surface area contributed by atoms with Gasteiger partial charge in [0.15, 0.2) is 5.17 Å². The van der Waals surface area contributed by atoms with E-state index in [4.69, 9.17) is 4.99 Å². The van der Waals surface area contributed by atoms with E-state index in [2.05, 4.69) is 5.32 Å². The highest BCUT2D eigenvalue weighted by Crippen LogP contribution is 2.37. The van der Waals surface area contributed by atoms with E-state index < -0.39 is 5.25 Å². The molecule has 1 aliphatic carbocycles. The van der Waals surface area contributed by atoms with Gasteiger partial charge in [-0.25, -0.2) is 4.99 Å². The Hall–Kier alpha value is -2.60. The third kappa shape index (κ3) is 4.59. The maximum atomic E-state index is 13.3. The number of amidine groups is 1. The number of rotatable bonds is 5. The van der Waals surface area contributed by atoms with Gasteiger partial charge in [-0.15, -0.1) is 0 Å². The van der Waals surface area contributed by atoms with Crippen LogP contribution in [0.2, 0.25) is 0 Å². The second-order valence-electron chi connectivity index (χ2n) is 8.05. The third-order valence-corrected chi connectivity index (χ3v) is 6.82. The molecule has 1 saturated heterocycles. The van der Waals surface area contributed by atoms with Gasteiger partial charge >= 0.3 is 0 Å². The predicted octanol–water partition coefficient (Wildman–Crippen LogP) is 5.21. The largest absolute Gasteiger partial charge is 0.326 e. The molecule has 0 spiro atoms. The van der Waals surface area contributed by atoms with Gasteiger partial charge in [0.05, 0.1) is 5.69 Å². The van der Waals surface area contributed by atoms with Gasteiger partial charge in [-0.05, 0) is 56.0 Å². The average molecular weight is 422 g/mol. The molecule has 30 heavy (non-hydrogen) atoms. The van der Waals surface area contributed by atoms with E-state index >= 15 is 0 Å². The number of hydrogen-bond acceptors (Lipinski definition) is 4. The van der Waals surface area contributed by atoms with Gasteiger partial charge in [0, 0.05) is 18.2 Å². The Kier molecular flexibility index (Phi) is 6.23. The number of carbonyl (C=O) groups is 2. The molecule has 1 heterocycles. The van der Waals surface area contributed by atoms with Crippen molar-refractivity contribution in [3.63, 3.8) is 0 Å². The van der Waals surface area contributed by atoms with Crippen molar-refractivity contribution in [1.29, 1.82) is 0 Å². The fraction of sp³-hybridized carbons (Fsp3) is 0.375. The fourth-order valence-corrected chi connectivity index (χ4v) is 5.30. The van der Waals surface area contributed by atoms with Crippen LogP contribution >= 0.6 is 11.8 Å². The molecule has 1 saturated carbocycles. The van der Waals surface area contributed by atoms with Crippen LogP contribution in [0, 0.1) is 13.8 Å². The second kappa shape index (κ2) is 9.04. The van der Waals surface area contributed by atoms with Crippen LogP contribution in [0.3, 0.4) is 0 Å². The zero-order chi connectivity index (χ0) is 21.1. The van der Waals surface area contributed by atoms with Crippen molar-refractivity contribution in [3.05, 3.63) is 59.7 Å². The molecule has 0 aromatic heterocycles. The number of aryl methyl sites for hydroxylation is 2. The topological polar surface area (TPSA) is 61.8 Å². The smallest absolute Gasteiger partial charge is 0.242 e. The molecule has 2 aromatic carbocycles. The van der Waals surface area contributed by atoms with Gasteiger partial charge in [0.25, 0.3) is 0 Å². The number of para-hydroxylation sites is 1. The van der Waals surface area contributed by atoms with Crippen molar-refractivity contribution in [1.82, 2.24) is 4.90 Å². The van der Waals surface area contributed by atoms with Gasteiger partial charge in [0.1, 0.15) is 5.25 Å². The van der Waals surface area contributed by atoms with Crippen molar-refractivity contribution in [2.45, 2.75) is 57.2 Å². The molecular weight excluding hydrogens is 394 g/mol. The lowest BCUT2D eigenvalue weighted by Crippen LogP contribution is -2.40. The Morgan fingerprint density at radius 1 is 1.13 bits per heavy atom. The summed E-state index contributed by atoms with van der Waals surface area (Å²) in [5.41, 5.74) is 3.77. The van der Waals surface area contributed by atoms with Crippen molar-refractivity contribution < 1.29 is 9.59 Å². The molecule has 4 rings (SSSR count). The van der Waals surface area contributed by atoms with E-state index in [0.29, 0.717) is 0 Å². The number of benzene rings is 2. The summed E-state index contributed by atoms with van der Waals surface area (Å²) in [6, 6.07) is 15.8. The van der Waals surface area contributed by atoms with E-state index in [1.165, 1.54) is 11.8 Å². The molecule has 1 N–H and O–H groups in total. The molecule has 5 nitrogen and oxygen atoms in total. The minimum atomic E-state index is -0.432. The molecule has 0 unspecified atom stereocenters. The standard InChI is InChI=1S/C24H27N3O2S/c1-16-8-7-10-18(14-16)25-24-27(19-11-4-5-12-19)23(29)21(30-24)15-22(28)26-20-13-6-3-9-17(20)2/h3,6-10,13-14,19,21H,4-5,11-12,15H2,1-2H3,(H,26,28)/t21-/m0/s1. The van der Waals surface area contributed by atoms with Crippen LogP contribution in [0.15, 0.2) is 53.5 Å². The summed E-state index contributed by atoms with van der Waals surface area (Å²) >= 11 is 1.42. The minimum Gasteiger partial charge on any atom is -0.326 e. The monoisotopic (exact) mass is 421 g/mol. The first-order valence-electron chi connectivity index (χ1n) is 10.5. The molecule has 2 fully saturated rings. The first-order valence-corrected chi connectivity index (χ1v) is 11.4. The number of aliphatic imine (C=N–C) groups is 1. The SMILES string of the molecule is Cc1cccc(N=C2S[C@@H](CC(=O)Nc3ccccc3C)C(=O)N2C2CCCC2)c1. The molecular formula is C24H27N3O2S. The number of thioether (sulfide) groups is 1. The van der Waals surface area contributed by atoms with Crippen LogP contribution < -0.4 is 5.32 Å². The van der Waals surface area contributed by atoms with Gasteiger partial charge < -0.3 is 5.32 Å². The normalized spacial score (nSPS) is 20.9. The van der Waals surface area contributed by atoms with Crippen LogP contribution in [-0.2, 0) is 9.59 Å². The molecule has 156 valence electrons. The first-order chi connectivity index (χ1) is 14.5. The maximum absolute atomic E-state index is 13.3. The van der Waals surface area contributed by atoms with E-state index in [0.717, 1.165) is 53.4 Å². The predicted molar refractivity (Wildman–Crippen MR) is 123 cm³/mol. The number of nitrogens with zero attached hydrogens (tertiary/aromatic N) is 2. The van der Waals surface area contributed by atoms with Crippen LogP contribution in [0.25, 0.3) is 0 Å². The number of amides is 2. The van der Waals surface area contributed by atoms with Crippen molar-refractivity contribution >= 4 is 40.1 Å². The Morgan fingerprint density at radius 2 is 1.90 bits per heavy atom. The van der Waals surface area contributed by atoms with Gasteiger partial charge in [-0.1, -0.05) is 54.9 Å². The van der Waals surface area contributed by atoms with Gasteiger partial charge in [-0.2, -0.15) is 0 Å². The van der Waals surface area contributed by atoms with E-state index in [9.17, 15) is 9.59 Å². The summed E-state index contributed by atoms with van der Waals surface area (Å²) in [5, 5.41) is 3.25. The molecule has 2 amide bonds. The van der Waals surface area contributed by atoms with E-state index in [-0.39, 0.29) is 24.3 Å². The summed E-state index contributed by atoms with van der Waals surface area (Å²) in [4.78, 5) is 32.6. The number of hydrogen-bond donors (Lipinski definition) is 1. The molecule has 6 heteroatoms. The average Bonchev–Trinajstić information content (AvgIpc) is 3.32. The zero-order valence-electron chi connectivity index (χ0n) is 17.4. The van der Waals surface area contributed by atoms with Crippen LogP contribution in [0.4, 0.5) is 11.4 Å². The second-order valence-corrected chi connectivity index (χ2v) is 9.22. The number of carbonyl (C=O) groups excluding carboxylic acids is 2. The number of nitrogens with one attached hydrogen (secondary N) is 1. The minimum absolute atomic E-state index is 0.0123. The fourth-order valence-electron chi connectivity index (χ4n) is 4.08. The van der Waals surface area contributed by atoms with Crippen molar-refractivity contribution in [2.24, 2.45) is 4.99 Å². The Morgan fingerprint density at radius 3 is 2.63 bits per heavy atom. The van der Waals surface area contributed by atoms with Crippen LogP contribution in [0.1, 0.15) is 43.2 Å². The van der Waals surface area contributed by atoms with Crippen molar-refractivity contribution in [2.75, 3.05) is 5.32 Å². The quantitative estimate of drug-likeness (QED) is 0.721. The highest BCUT2D eigenvalue weighted by atomic mass is 32.2. The molecule has 1 aliphatic heterocycles. The maximum Gasteiger partial charge on any atom is 0.242 e. The summed E-state index contributed by atoms with van der Waals surface area (Å²) in [6.45, 7) is 3.99. The third-order valence-electron chi connectivity index (χ3n) is 5.67. The zero-order valence-corrected chi connectivity index (χ0v) is 18.2. The Bertz CT molecular complexity index is 982. The molecule has 0 radical (unpaired) electrons. The lowest BCUT2D eigenvalue weighted by molar-refractivity contribution is -0.129. The summed E-state index contributed by atoms with van der Waals surface area (Å²) in [7, 11) is 0. The van der Waals surface area contributed by atoms with E-state index in [1.807, 2.05) is 67.3 Å². The molecule has 0 bridgehead atoms. The molecule has 2 aliphatic rings. The highest BCUT2D eigenvalue weighted by Gasteiger charge is 2.43. The molecule has 2 aromatic rings. The van der Waals surface area contributed by atoms with Crippen LogP contribution in [0.5, 0.6) is 0 Å². The summed E-state index contributed by atoms with van der Waals surface area (Å²) < 4.78 is 0. The van der Waals surface area contributed by atoms with E-state index in [1.54, 1.807) is 0 Å². The lowest BCUT2D eigenvalue weighted by atomic mass is 10.1. The van der Waals surface area contributed by atoms with Crippen LogP contribution in [-0.4, -0.2) is 33.2 Å². The Labute approximate surface area is 182 Å². The lowest BCUT2D eigenvalue weighted by Gasteiger charge is -2.23. The summed E-state index contributed by atoms with van der Waals surface area (Å²) in [6.07, 6.45) is 4.42. The Balaban J connectivity index is 1.53. The van der Waals surface area contributed by atoms with Gasteiger partial charge in [-0.3, -0.25) is 14.5 Å². The van der Waals surface area contributed by atoms with Crippen molar-refractivity contribution in [3.8, 4) is 0 Å².